The lowest BCUT2D eigenvalue weighted by Crippen LogP contribution is -1.99. The van der Waals surface area contributed by atoms with E-state index < -0.39 is 0 Å². The average molecular weight is 217 g/mol. The minimum Gasteiger partial charge on any atom is -0.318 e. The molecule has 3 heteroatoms. The number of aldehydes is 1. The van der Waals surface area contributed by atoms with Crippen LogP contribution in [0, 0.1) is 19.7 Å². The van der Waals surface area contributed by atoms with Gasteiger partial charge in [-0.2, -0.15) is 0 Å². The Morgan fingerprint density at radius 1 is 1.25 bits per heavy atom. The Hall–Kier alpha value is -1.90. The fourth-order valence-electron chi connectivity index (χ4n) is 1.92. The second-order valence-corrected chi connectivity index (χ2v) is 3.76. The largest absolute Gasteiger partial charge is 0.318 e. The molecule has 2 nitrogen and oxygen atoms in total. The molecule has 1 aromatic heterocycles. The lowest BCUT2D eigenvalue weighted by atomic mass is 10.2. The third-order valence-electron chi connectivity index (χ3n) is 2.66. The van der Waals surface area contributed by atoms with E-state index >= 15 is 0 Å². The number of carbonyl (C=O) groups is 1. The van der Waals surface area contributed by atoms with E-state index in [2.05, 4.69) is 0 Å². The Labute approximate surface area is 93.3 Å². The van der Waals surface area contributed by atoms with Gasteiger partial charge in [0.15, 0.2) is 6.29 Å². The summed E-state index contributed by atoms with van der Waals surface area (Å²) in [7, 11) is 0. The second-order valence-electron chi connectivity index (χ2n) is 3.76. The molecule has 0 unspecified atom stereocenters. The number of benzene rings is 1. The van der Waals surface area contributed by atoms with Gasteiger partial charge >= 0.3 is 0 Å². The van der Waals surface area contributed by atoms with Crippen molar-refractivity contribution in [2.45, 2.75) is 13.8 Å². The first-order valence-corrected chi connectivity index (χ1v) is 5.03. The van der Waals surface area contributed by atoms with Crippen molar-refractivity contribution in [3.63, 3.8) is 0 Å². The van der Waals surface area contributed by atoms with Crippen LogP contribution in [0.4, 0.5) is 4.39 Å². The maximum Gasteiger partial charge on any atom is 0.151 e. The van der Waals surface area contributed by atoms with Crippen LogP contribution in [0.15, 0.2) is 30.3 Å². The summed E-state index contributed by atoms with van der Waals surface area (Å²) in [6.45, 7) is 3.74. The van der Waals surface area contributed by atoms with Gasteiger partial charge in [-0.1, -0.05) is 6.07 Å². The van der Waals surface area contributed by atoms with E-state index in [9.17, 15) is 9.18 Å². The number of carbonyl (C=O) groups excluding carboxylic acids is 1. The van der Waals surface area contributed by atoms with Gasteiger partial charge < -0.3 is 4.57 Å². The van der Waals surface area contributed by atoms with Gasteiger partial charge in [0, 0.05) is 22.6 Å². The Morgan fingerprint density at radius 3 is 2.56 bits per heavy atom. The minimum atomic E-state index is -0.280. The molecule has 0 N–H and O–H groups in total. The van der Waals surface area contributed by atoms with Gasteiger partial charge in [0.05, 0.1) is 0 Å². The van der Waals surface area contributed by atoms with Crippen molar-refractivity contribution < 1.29 is 9.18 Å². The Morgan fingerprint density at radius 2 is 2.00 bits per heavy atom. The molecule has 0 amide bonds. The molecule has 0 saturated heterocycles. The predicted octanol–water partition coefficient (Wildman–Crippen LogP) is 3.05. The molecule has 0 radical (unpaired) electrons. The van der Waals surface area contributed by atoms with Gasteiger partial charge in [0.1, 0.15) is 5.82 Å². The van der Waals surface area contributed by atoms with E-state index in [-0.39, 0.29) is 5.82 Å². The zero-order valence-corrected chi connectivity index (χ0v) is 9.20. The zero-order valence-electron chi connectivity index (χ0n) is 9.20. The summed E-state index contributed by atoms with van der Waals surface area (Å²) in [5, 5.41) is 0. The first kappa shape index (κ1) is 10.6. The van der Waals surface area contributed by atoms with Crippen molar-refractivity contribution in [1.29, 1.82) is 0 Å². The summed E-state index contributed by atoms with van der Waals surface area (Å²) in [6.07, 6.45) is 0.818. The molecule has 0 aliphatic carbocycles. The molecule has 1 heterocycles. The number of hydrogen-bond donors (Lipinski definition) is 0. The fourth-order valence-corrected chi connectivity index (χ4v) is 1.92. The Bertz CT molecular complexity index is 543. The molecular weight excluding hydrogens is 205 g/mol. The van der Waals surface area contributed by atoms with Crippen LogP contribution in [-0.4, -0.2) is 10.9 Å². The van der Waals surface area contributed by atoms with E-state index in [1.807, 2.05) is 24.5 Å². The summed E-state index contributed by atoms with van der Waals surface area (Å²) in [5.74, 6) is -0.280. The third kappa shape index (κ3) is 1.65. The predicted molar refractivity (Wildman–Crippen MR) is 60.6 cm³/mol. The molecule has 2 aromatic rings. The van der Waals surface area contributed by atoms with E-state index in [0.29, 0.717) is 5.56 Å². The van der Waals surface area contributed by atoms with Gasteiger partial charge in [-0.05, 0) is 38.1 Å². The maximum atomic E-state index is 13.1. The van der Waals surface area contributed by atoms with E-state index in [1.54, 1.807) is 12.1 Å². The number of aryl methyl sites for hydroxylation is 1. The van der Waals surface area contributed by atoms with Crippen LogP contribution in [-0.2, 0) is 0 Å². The van der Waals surface area contributed by atoms with Crippen LogP contribution >= 0.6 is 0 Å². The molecule has 1 aromatic carbocycles. The highest BCUT2D eigenvalue weighted by Crippen LogP contribution is 2.20. The van der Waals surface area contributed by atoms with E-state index in [4.69, 9.17) is 0 Å². The Kier molecular flexibility index (Phi) is 2.60. The molecular formula is C13H12FNO. The molecule has 16 heavy (non-hydrogen) atoms. The monoisotopic (exact) mass is 217 g/mol. The van der Waals surface area contributed by atoms with Crippen molar-refractivity contribution in [1.82, 2.24) is 4.57 Å². The van der Waals surface area contributed by atoms with Crippen molar-refractivity contribution in [2.24, 2.45) is 0 Å². The lowest BCUT2D eigenvalue weighted by molar-refractivity contribution is 0.112. The molecule has 0 aliphatic heterocycles. The summed E-state index contributed by atoms with van der Waals surface area (Å²) in [4.78, 5) is 10.8. The summed E-state index contributed by atoms with van der Waals surface area (Å²) in [6, 6.07) is 8.13. The quantitative estimate of drug-likeness (QED) is 0.708. The number of aromatic nitrogens is 1. The number of hydrogen-bond acceptors (Lipinski definition) is 1. The van der Waals surface area contributed by atoms with Crippen LogP contribution in [0.1, 0.15) is 21.7 Å². The first-order valence-electron chi connectivity index (χ1n) is 5.03. The highest BCUT2D eigenvalue weighted by atomic mass is 19.1. The molecule has 0 bridgehead atoms. The smallest absolute Gasteiger partial charge is 0.151 e. The second kappa shape index (κ2) is 3.93. The highest BCUT2D eigenvalue weighted by Gasteiger charge is 2.09. The third-order valence-corrected chi connectivity index (χ3v) is 2.66. The van der Waals surface area contributed by atoms with Crippen LogP contribution in [0.25, 0.3) is 5.69 Å². The van der Waals surface area contributed by atoms with Crippen LogP contribution < -0.4 is 0 Å². The van der Waals surface area contributed by atoms with E-state index in [1.165, 1.54) is 12.1 Å². The molecule has 2 rings (SSSR count). The van der Waals surface area contributed by atoms with Crippen molar-refractivity contribution in [3.8, 4) is 5.69 Å². The first-order chi connectivity index (χ1) is 7.63. The molecule has 0 spiro atoms. The van der Waals surface area contributed by atoms with Crippen molar-refractivity contribution >= 4 is 6.29 Å². The zero-order chi connectivity index (χ0) is 11.7. The number of rotatable bonds is 2. The van der Waals surface area contributed by atoms with Gasteiger partial charge in [-0.3, -0.25) is 4.79 Å². The van der Waals surface area contributed by atoms with E-state index in [0.717, 1.165) is 23.4 Å². The standard InChI is InChI=1S/C13H12FNO/c1-9-6-11(8-16)10(2)15(9)13-5-3-4-12(14)7-13/h3-8H,1-2H3. The number of nitrogens with zero attached hydrogens (tertiary/aromatic N) is 1. The number of halogens is 1. The fraction of sp³-hybridized carbons (Fsp3) is 0.154. The van der Waals surface area contributed by atoms with Crippen LogP contribution in [0.5, 0.6) is 0 Å². The van der Waals surface area contributed by atoms with Gasteiger partial charge in [0.2, 0.25) is 0 Å². The summed E-state index contributed by atoms with van der Waals surface area (Å²) >= 11 is 0. The summed E-state index contributed by atoms with van der Waals surface area (Å²) in [5.41, 5.74) is 3.13. The van der Waals surface area contributed by atoms with Crippen molar-refractivity contribution in [2.75, 3.05) is 0 Å². The summed E-state index contributed by atoms with van der Waals surface area (Å²) < 4.78 is 15.0. The van der Waals surface area contributed by atoms with Crippen molar-refractivity contribution in [3.05, 3.63) is 53.1 Å². The highest BCUT2D eigenvalue weighted by molar-refractivity contribution is 5.77. The minimum absolute atomic E-state index is 0.280. The molecule has 0 saturated carbocycles. The van der Waals surface area contributed by atoms with Gasteiger partial charge in [-0.15, -0.1) is 0 Å². The normalized spacial score (nSPS) is 10.4. The average Bonchev–Trinajstić information content (AvgIpc) is 2.53. The van der Waals surface area contributed by atoms with Gasteiger partial charge in [-0.25, -0.2) is 4.39 Å². The molecule has 82 valence electrons. The van der Waals surface area contributed by atoms with Gasteiger partial charge in [0.25, 0.3) is 0 Å². The topological polar surface area (TPSA) is 22.0 Å². The molecule has 0 fully saturated rings. The SMILES string of the molecule is Cc1cc(C=O)c(C)n1-c1cccc(F)c1. The lowest BCUT2D eigenvalue weighted by Gasteiger charge is -2.09. The van der Waals surface area contributed by atoms with Crippen LogP contribution in [0.3, 0.4) is 0 Å². The molecule has 0 atom stereocenters. The maximum absolute atomic E-state index is 13.1. The molecule has 0 aliphatic rings. The Balaban J connectivity index is 2.64. The van der Waals surface area contributed by atoms with Crippen LogP contribution in [0.2, 0.25) is 0 Å².